The van der Waals surface area contributed by atoms with E-state index in [1.165, 1.54) is 19.2 Å². The molecule has 0 spiro atoms. The van der Waals surface area contributed by atoms with Gasteiger partial charge in [-0.15, -0.1) is 0 Å². The molecule has 0 unspecified atom stereocenters. The van der Waals surface area contributed by atoms with E-state index in [4.69, 9.17) is 16.3 Å². The van der Waals surface area contributed by atoms with Gasteiger partial charge in [-0.25, -0.2) is 13.4 Å². The fraction of sp³-hybridized carbons (Fsp3) is 0.133. The average Bonchev–Trinajstić information content (AvgIpc) is 2.99. The number of ether oxygens (including phenoxy) is 1. The zero-order chi connectivity index (χ0) is 16.6. The number of halogens is 1. The number of imidazole rings is 1. The van der Waals surface area contributed by atoms with E-state index in [0.29, 0.717) is 10.7 Å². The SMILES string of the molecule is COc1ccc(Cl)cc1S(=O)(=O)Nc1ccc2nccn2c1C. The Morgan fingerprint density at radius 3 is 2.78 bits per heavy atom. The molecule has 120 valence electrons. The minimum absolute atomic E-state index is 0.0161. The van der Waals surface area contributed by atoms with Crippen LogP contribution in [0.3, 0.4) is 0 Å². The smallest absolute Gasteiger partial charge is 0.265 e. The summed E-state index contributed by atoms with van der Waals surface area (Å²) in [7, 11) is -2.44. The van der Waals surface area contributed by atoms with Crippen molar-refractivity contribution in [3.63, 3.8) is 0 Å². The number of anilines is 1. The molecular formula is C15H14ClN3O3S. The van der Waals surface area contributed by atoms with Crippen LogP contribution in [0.25, 0.3) is 5.65 Å². The number of pyridine rings is 1. The van der Waals surface area contributed by atoms with Gasteiger partial charge in [0, 0.05) is 23.1 Å². The fourth-order valence-electron chi connectivity index (χ4n) is 2.30. The molecule has 0 aliphatic rings. The van der Waals surface area contributed by atoms with E-state index in [2.05, 4.69) is 9.71 Å². The van der Waals surface area contributed by atoms with Crippen LogP contribution in [0.2, 0.25) is 5.02 Å². The molecule has 0 fully saturated rings. The largest absolute Gasteiger partial charge is 0.495 e. The predicted molar refractivity (Wildman–Crippen MR) is 88.7 cm³/mol. The Labute approximate surface area is 138 Å². The maximum atomic E-state index is 12.7. The van der Waals surface area contributed by atoms with E-state index >= 15 is 0 Å². The molecule has 2 aromatic heterocycles. The molecule has 2 heterocycles. The van der Waals surface area contributed by atoms with Gasteiger partial charge in [0.2, 0.25) is 0 Å². The first-order valence-corrected chi connectivity index (χ1v) is 8.57. The second kappa shape index (κ2) is 5.75. The Balaban J connectivity index is 2.07. The predicted octanol–water partition coefficient (Wildman–Crippen LogP) is 3.11. The van der Waals surface area contributed by atoms with Gasteiger partial charge >= 0.3 is 0 Å². The average molecular weight is 352 g/mol. The van der Waals surface area contributed by atoms with E-state index < -0.39 is 10.0 Å². The summed E-state index contributed by atoms with van der Waals surface area (Å²) in [6.07, 6.45) is 3.42. The molecule has 8 heteroatoms. The first-order chi connectivity index (χ1) is 10.9. The molecular weight excluding hydrogens is 338 g/mol. The van der Waals surface area contributed by atoms with E-state index in [0.717, 1.165) is 11.3 Å². The number of hydrogen-bond donors (Lipinski definition) is 1. The quantitative estimate of drug-likeness (QED) is 0.783. The molecule has 0 bridgehead atoms. The van der Waals surface area contributed by atoms with Crippen molar-refractivity contribution in [3.05, 3.63) is 53.4 Å². The number of sulfonamides is 1. The van der Waals surface area contributed by atoms with Crippen LogP contribution >= 0.6 is 11.6 Å². The number of benzene rings is 1. The van der Waals surface area contributed by atoms with Crippen molar-refractivity contribution in [2.75, 3.05) is 11.8 Å². The van der Waals surface area contributed by atoms with Crippen LogP contribution in [0.5, 0.6) is 5.75 Å². The van der Waals surface area contributed by atoms with Crippen molar-refractivity contribution >= 4 is 33.0 Å². The Morgan fingerprint density at radius 1 is 1.26 bits per heavy atom. The van der Waals surface area contributed by atoms with Crippen LogP contribution < -0.4 is 9.46 Å². The van der Waals surface area contributed by atoms with E-state index in [1.54, 1.807) is 35.0 Å². The van der Waals surface area contributed by atoms with Gasteiger partial charge in [0.1, 0.15) is 16.3 Å². The van der Waals surface area contributed by atoms with Crippen molar-refractivity contribution in [1.82, 2.24) is 9.38 Å². The van der Waals surface area contributed by atoms with E-state index in [9.17, 15) is 8.42 Å². The summed E-state index contributed by atoms with van der Waals surface area (Å²) in [5.41, 5.74) is 1.92. The third-order valence-electron chi connectivity index (χ3n) is 3.48. The van der Waals surface area contributed by atoms with Crippen LogP contribution in [-0.2, 0) is 10.0 Å². The van der Waals surface area contributed by atoms with E-state index in [1.807, 2.05) is 6.92 Å². The number of fused-ring (bicyclic) bond motifs is 1. The lowest BCUT2D eigenvalue weighted by molar-refractivity contribution is 0.403. The van der Waals surface area contributed by atoms with Crippen LogP contribution in [0.4, 0.5) is 5.69 Å². The Kier molecular flexibility index (Phi) is 3.91. The summed E-state index contributed by atoms with van der Waals surface area (Å²) in [6.45, 7) is 1.81. The molecule has 6 nitrogen and oxygen atoms in total. The molecule has 1 N–H and O–H groups in total. The third kappa shape index (κ3) is 2.85. The van der Waals surface area contributed by atoms with Crippen molar-refractivity contribution in [2.24, 2.45) is 0 Å². The van der Waals surface area contributed by atoms with Gasteiger partial charge in [-0.3, -0.25) is 4.72 Å². The molecule has 3 aromatic rings. The van der Waals surface area contributed by atoms with Gasteiger partial charge in [-0.2, -0.15) is 0 Å². The number of aromatic nitrogens is 2. The highest BCUT2D eigenvalue weighted by molar-refractivity contribution is 7.92. The normalized spacial score (nSPS) is 11.6. The molecule has 0 radical (unpaired) electrons. The molecule has 3 rings (SSSR count). The zero-order valence-electron chi connectivity index (χ0n) is 12.4. The number of nitrogens with zero attached hydrogens (tertiary/aromatic N) is 2. The van der Waals surface area contributed by atoms with Crippen molar-refractivity contribution < 1.29 is 13.2 Å². The highest BCUT2D eigenvalue weighted by Crippen LogP contribution is 2.29. The summed E-state index contributed by atoms with van der Waals surface area (Å²) >= 11 is 5.92. The van der Waals surface area contributed by atoms with Crippen LogP contribution in [-0.4, -0.2) is 24.9 Å². The summed E-state index contributed by atoms with van der Waals surface area (Å²) in [4.78, 5) is 4.15. The van der Waals surface area contributed by atoms with Crippen molar-refractivity contribution in [1.29, 1.82) is 0 Å². The van der Waals surface area contributed by atoms with Gasteiger partial charge in [0.05, 0.1) is 12.8 Å². The van der Waals surface area contributed by atoms with Gasteiger partial charge in [0.15, 0.2) is 0 Å². The molecule has 1 aromatic carbocycles. The lowest BCUT2D eigenvalue weighted by Crippen LogP contribution is -2.15. The molecule has 0 saturated carbocycles. The summed E-state index contributed by atoms with van der Waals surface area (Å²) in [5, 5.41) is 0.313. The van der Waals surface area contributed by atoms with Crippen molar-refractivity contribution in [3.8, 4) is 5.75 Å². The number of aryl methyl sites for hydroxylation is 1. The molecule has 0 aliphatic carbocycles. The molecule has 0 atom stereocenters. The second-order valence-electron chi connectivity index (χ2n) is 4.89. The first-order valence-electron chi connectivity index (χ1n) is 6.71. The van der Waals surface area contributed by atoms with Gasteiger partial charge < -0.3 is 9.14 Å². The van der Waals surface area contributed by atoms with E-state index in [-0.39, 0.29) is 10.6 Å². The number of rotatable bonds is 4. The molecule has 0 amide bonds. The maximum absolute atomic E-state index is 12.7. The monoisotopic (exact) mass is 351 g/mol. The summed E-state index contributed by atoms with van der Waals surface area (Å²) in [6, 6.07) is 7.85. The summed E-state index contributed by atoms with van der Waals surface area (Å²) in [5.74, 6) is 0.225. The molecule has 23 heavy (non-hydrogen) atoms. The molecule has 0 aliphatic heterocycles. The Morgan fingerprint density at radius 2 is 2.04 bits per heavy atom. The number of methoxy groups -OCH3 is 1. The topological polar surface area (TPSA) is 72.7 Å². The molecule has 0 saturated heterocycles. The highest BCUT2D eigenvalue weighted by Gasteiger charge is 2.21. The second-order valence-corrected chi connectivity index (χ2v) is 6.98. The highest BCUT2D eigenvalue weighted by atomic mass is 35.5. The standard InChI is InChI=1S/C15H14ClN3O3S/c1-10-12(4-6-15-17-7-8-19(10)15)18-23(20,21)14-9-11(16)3-5-13(14)22-2/h3-9,18H,1-2H3. The summed E-state index contributed by atoms with van der Waals surface area (Å²) < 4.78 is 34.9. The van der Waals surface area contributed by atoms with Crippen LogP contribution in [0.1, 0.15) is 5.69 Å². The van der Waals surface area contributed by atoms with Crippen LogP contribution in [0, 0.1) is 6.92 Å². The van der Waals surface area contributed by atoms with Crippen molar-refractivity contribution in [2.45, 2.75) is 11.8 Å². The third-order valence-corrected chi connectivity index (χ3v) is 5.10. The number of hydrogen-bond acceptors (Lipinski definition) is 4. The Bertz CT molecular complexity index is 983. The van der Waals surface area contributed by atoms with Gasteiger partial charge in [-0.05, 0) is 37.3 Å². The van der Waals surface area contributed by atoms with Crippen LogP contribution in [0.15, 0.2) is 47.6 Å². The van der Waals surface area contributed by atoms with Gasteiger partial charge in [-0.1, -0.05) is 11.6 Å². The minimum atomic E-state index is -3.85. The minimum Gasteiger partial charge on any atom is -0.495 e. The van der Waals surface area contributed by atoms with Gasteiger partial charge in [0.25, 0.3) is 10.0 Å². The lowest BCUT2D eigenvalue weighted by atomic mass is 10.3. The Hall–Kier alpha value is -2.25. The number of nitrogens with one attached hydrogen (secondary N) is 1. The maximum Gasteiger partial charge on any atom is 0.265 e. The fourth-order valence-corrected chi connectivity index (χ4v) is 3.85. The first kappa shape index (κ1) is 15.6. The zero-order valence-corrected chi connectivity index (χ0v) is 14.0. The lowest BCUT2D eigenvalue weighted by Gasteiger charge is -2.14.